The molecule has 3 rings (SSSR count). The molecule has 1 amide bonds. The van der Waals surface area contributed by atoms with Crippen LogP contribution in [0.2, 0.25) is 0 Å². The van der Waals surface area contributed by atoms with Gasteiger partial charge in [0.1, 0.15) is 29.9 Å². The number of amidine groups is 1. The molecule has 0 saturated carbocycles. The maximum Gasteiger partial charge on any atom is 0.274 e. The highest BCUT2D eigenvalue weighted by atomic mass is 19.1. The Kier molecular flexibility index (Phi) is 6.75. The Morgan fingerprint density at radius 1 is 1.32 bits per heavy atom. The average Bonchev–Trinajstić information content (AvgIpc) is 2.93. The second-order valence-electron chi connectivity index (χ2n) is 6.28. The van der Waals surface area contributed by atoms with Gasteiger partial charge in [-0.25, -0.2) is 4.39 Å². The molecular weight excluding hydrogens is 365 g/mol. The summed E-state index contributed by atoms with van der Waals surface area (Å²) in [7, 11) is 1.65. The van der Waals surface area contributed by atoms with Crippen LogP contribution in [0.1, 0.15) is 27.3 Å². The lowest BCUT2D eigenvalue weighted by Crippen LogP contribution is -2.40. The van der Waals surface area contributed by atoms with Crippen molar-refractivity contribution in [3.05, 3.63) is 52.6 Å². The lowest BCUT2D eigenvalue weighted by Gasteiger charge is -2.29. The third-order valence-corrected chi connectivity index (χ3v) is 4.58. The van der Waals surface area contributed by atoms with Crippen molar-refractivity contribution < 1.29 is 19.1 Å². The summed E-state index contributed by atoms with van der Waals surface area (Å²) in [5.74, 6) is -0.217. The van der Waals surface area contributed by atoms with Gasteiger partial charge in [0.2, 0.25) is 0 Å². The molecule has 28 heavy (non-hydrogen) atoms. The van der Waals surface area contributed by atoms with E-state index < -0.39 is 0 Å². The highest BCUT2D eigenvalue weighted by Gasteiger charge is 2.32. The third kappa shape index (κ3) is 4.13. The molecule has 2 heterocycles. The van der Waals surface area contributed by atoms with E-state index in [2.05, 4.69) is 10.5 Å². The van der Waals surface area contributed by atoms with Gasteiger partial charge in [-0.2, -0.15) is 5.10 Å². The fourth-order valence-electron chi connectivity index (χ4n) is 3.26. The number of nitrogens with one attached hydrogen (secondary N) is 1. The number of aromatic nitrogens is 1. The first kappa shape index (κ1) is 20.9. The lowest BCUT2D eigenvalue weighted by molar-refractivity contribution is -0.0980. The summed E-state index contributed by atoms with van der Waals surface area (Å²) in [6.45, 7) is 5.17. The largest absolute Gasteiger partial charge is 0.505 e. The van der Waals surface area contributed by atoms with Gasteiger partial charge in [-0.1, -0.05) is 12.1 Å². The lowest BCUT2D eigenvalue weighted by atomic mass is 10.1. The number of hydrazone groups is 1. The van der Waals surface area contributed by atoms with Crippen LogP contribution in [0.4, 0.5) is 4.39 Å². The molecule has 1 aromatic carbocycles. The fraction of sp³-hybridized carbons (Fsp3) is 0.316. The van der Waals surface area contributed by atoms with Gasteiger partial charge in [0.15, 0.2) is 0 Å². The van der Waals surface area contributed by atoms with Gasteiger partial charge in [-0.15, -0.1) is 0 Å². The molecule has 8 nitrogen and oxygen atoms in total. The molecule has 0 fully saturated rings. The standard InChI is InChI=1S/C18H22FN5O2.CH2O/c1-11-14(9-15(20)22-21-2)24-8-7-23(18(26)16(24)17(11)25)10-12-3-5-13(19)6-4-12;1-2/h3-6,21,25H,7-10H2,1-2H3,(H2,20,22);1H2. The summed E-state index contributed by atoms with van der Waals surface area (Å²) in [6, 6.07) is 6.05. The van der Waals surface area contributed by atoms with Crippen LogP contribution in [-0.4, -0.2) is 46.7 Å². The number of carbonyl (C=O) groups is 2. The molecule has 0 unspecified atom stereocenters. The quantitative estimate of drug-likeness (QED) is 0.403. The molecule has 2 aromatic rings. The molecule has 0 radical (unpaired) electrons. The zero-order chi connectivity index (χ0) is 20.8. The Hall–Kier alpha value is -3.36. The Labute approximate surface area is 162 Å². The van der Waals surface area contributed by atoms with Crippen molar-refractivity contribution in [1.82, 2.24) is 14.9 Å². The molecule has 0 bridgehead atoms. The van der Waals surface area contributed by atoms with Crippen LogP contribution < -0.4 is 11.2 Å². The van der Waals surface area contributed by atoms with E-state index in [9.17, 15) is 14.3 Å². The summed E-state index contributed by atoms with van der Waals surface area (Å²) in [5.41, 5.74) is 11.0. The van der Waals surface area contributed by atoms with Crippen LogP contribution in [0, 0.1) is 12.7 Å². The van der Waals surface area contributed by atoms with Crippen molar-refractivity contribution in [2.24, 2.45) is 10.8 Å². The minimum atomic E-state index is -0.314. The number of amides is 1. The van der Waals surface area contributed by atoms with Crippen LogP contribution in [0.3, 0.4) is 0 Å². The van der Waals surface area contributed by atoms with Crippen LogP contribution in [0.5, 0.6) is 5.75 Å². The molecule has 150 valence electrons. The molecule has 9 heteroatoms. The smallest absolute Gasteiger partial charge is 0.274 e. The zero-order valence-corrected chi connectivity index (χ0v) is 15.9. The summed E-state index contributed by atoms with van der Waals surface area (Å²) < 4.78 is 14.9. The predicted octanol–water partition coefficient (Wildman–Crippen LogP) is 1.15. The monoisotopic (exact) mass is 389 g/mol. The van der Waals surface area contributed by atoms with E-state index in [1.54, 1.807) is 31.0 Å². The number of aromatic hydroxyl groups is 1. The summed E-state index contributed by atoms with van der Waals surface area (Å²) >= 11 is 0. The van der Waals surface area contributed by atoms with Crippen molar-refractivity contribution in [2.45, 2.75) is 26.4 Å². The van der Waals surface area contributed by atoms with E-state index in [-0.39, 0.29) is 23.2 Å². The van der Waals surface area contributed by atoms with Gasteiger partial charge < -0.3 is 30.5 Å². The second kappa shape index (κ2) is 9.03. The van der Waals surface area contributed by atoms with E-state index in [0.717, 1.165) is 11.3 Å². The predicted molar refractivity (Wildman–Crippen MR) is 103 cm³/mol. The molecule has 1 aliphatic rings. The van der Waals surface area contributed by atoms with E-state index in [1.807, 2.05) is 11.4 Å². The number of rotatable bonds is 5. The van der Waals surface area contributed by atoms with Crippen molar-refractivity contribution >= 4 is 18.5 Å². The number of halogens is 1. The van der Waals surface area contributed by atoms with Gasteiger partial charge in [-0.05, 0) is 24.6 Å². The Morgan fingerprint density at radius 2 is 1.96 bits per heavy atom. The molecule has 1 aromatic heterocycles. The van der Waals surface area contributed by atoms with E-state index in [4.69, 9.17) is 10.5 Å². The highest BCUT2D eigenvalue weighted by Crippen LogP contribution is 2.33. The second-order valence-corrected chi connectivity index (χ2v) is 6.28. The number of benzene rings is 1. The Bertz CT molecular complexity index is 877. The van der Waals surface area contributed by atoms with E-state index >= 15 is 0 Å². The van der Waals surface area contributed by atoms with Crippen molar-refractivity contribution in [3.63, 3.8) is 0 Å². The molecule has 0 aliphatic carbocycles. The number of hydrogen-bond donors (Lipinski definition) is 3. The molecule has 0 atom stereocenters. The third-order valence-electron chi connectivity index (χ3n) is 4.58. The van der Waals surface area contributed by atoms with Gasteiger partial charge in [-0.3, -0.25) is 4.79 Å². The highest BCUT2D eigenvalue weighted by molar-refractivity contribution is 5.97. The van der Waals surface area contributed by atoms with Crippen molar-refractivity contribution in [1.29, 1.82) is 0 Å². The minimum absolute atomic E-state index is 0.0222. The van der Waals surface area contributed by atoms with Gasteiger partial charge in [0, 0.05) is 44.4 Å². The van der Waals surface area contributed by atoms with Crippen molar-refractivity contribution in [3.8, 4) is 5.75 Å². The summed E-state index contributed by atoms with van der Waals surface area (Å²) in [4.78, 5) is 22.5. The number of fused-ring (bicyclic) bond motifs is 1. The number of nitrogens with two attached hydrogens (primary N) is 1. The first-order valence-corrected chi connectivity index (χ1v) is 8.64. The van der Waals surface area contributed by atoms with Gasteiger partial charge in [0.25, 0.3) is 5.91 Å². The SMILES string of the molecule is C=O.CN/N=C(/N)Cc1c(C)c(O)c2n1CCN(Cc1ccc(F)cc1)C2=O. The zero-order valence-electron chi connectivity index (χ0n) is 15.9. The van der Waals surface area contributed by atoms with Crippen LogP contribution in [0.15, 0.2) is 29.4 Å². The number of hydrogen-bond acceptors (Lipinski definition) is 5. The molecule has 0 saturated heterocycles. The Balaban J connectivity index is 0.00000136. The number of nitrogens with zero attached hydrogens (tertiary/aromatic N) is 3. The molecule has 0 spiro atoms. The molecule has 1 aliphatic heterocycles. The summed E-state index contributed by atoms with van der Waals surface area (Å²) in [5, 5.41) is 14.4. The van der Waals surface area contributed by atoms with Crippen molar-refractivity contribution in [2.75, 3.05) is 13.6 Å². The first-order valence-electron chi connectivity index (χ1n) is 8.64. The average molecular weight is 389 g/mol. The Morgan fingerprint density at radius 3 is 2.57 bits per heavy atom. The number of carbonyl (C=O) groups excluding carboxylic acids is 2. The maximum atomic E-state index is 13.1. The molecular formula is C19H24FN5O3. The van der Waals surface area contributed by atoms with Crippen LogP contribution in [0.25, 0.3) is 0 Å². The van der Waals surface area contributed by atoms with Gasteiger partial charge in [0.05, 0.1) is 0 Å². The minimum Gasteiger partial charge on any atom is -0.505 e. The van der Waals surface area contributed by atoms with Gasteiger partial charge >= 0.3 is 0 Å². The first-order chi connectivity index (χ1) is 13.4. The topological polar surface area (TPSA) is 113 Å². The van der Waals surface area contributed by atoms with Crippen LogP contribution in [-0.2, 0) is 24.3 Å². The normalized spacial score (nSPS) is 13.6. The van der Waals surface area contributed by atoms with Crippen LogP contribution >= 0.6 is 0 Å². The summed E-state index contributed by atoms with van der Waals surface area (Å²) in [6.07, 6.45) is 0.339. The maximum absolute atomic E-state index is 13.1. The fourth-order valence-corrected chi connectivity index (χ4v) is 3.26. The van der Waals surface area contributed by atoms with E-state index in [1.165, 1.54) is 12.1 Å². The van der Waals surface area contributed by atoms with E-state index in [0.29, 0.717) is 37.5 Å². The molecule has 4 N–H and O–H groups in total.